The molecule has 1 heteroatoms. The zero-order valence-electron chi connectivity index (χ0n) is 10.4. The molecule has 1 saturated carbocycles. The van der Waals surface area contributed by atoms with Gasteiger partial charge in [-0.2, -0.15) is 0 Å². The molecule has 88 valence electrons. The third-order valence-corrected chi connectivity index (χ3v) is 4.40. The monoisotopic (exact) mass is 218 g/mol. The van der Waals surface area contributed by atoms with Gasteiger partial charge in [0, 0.05) is 5.41 Å². The second kappa shape index (κ2) is 4.21. The fourth-order valence-corrected chi connectivity index (χ4v) is 3.06. The highest BCUT2D eigenvalue weighted by Gasteiger charge is 2.63. The van der Waals surface area contributed by atoms with Crippen LogP contribution in [-0.4, -0.2) is 11.7 Å². The third kappa shape index (κ3) is 1.67. The summed E-state index contributed by atoms with van der Waals surface area (Å²) < 4.78 is 0. The molecule has 2 atom stereocenters. The van der Waals surface area contributed by atoms with Gasteiger partial charge in [0.15, 0.2) is 0 Å². The first-order chi connectivity index (χ1) is 7.68. The average molecular weight is 218 g/mol. The lowest BCUT2D eigenvalue weighted by molar-refractivity contribution is 0.221. The van der Waals surface area contributed by atoms with Crippen molar-refractivity contribution >= 4 is 0 Å². The van der Waals surface area contributed by atoms with E-state index in [0.29, 0.717) is 5.41 Å². The van der Waals surface area contributed by atoms with Crippen molar-refractivity contribution in [2.75, 3.05) is 6.61 Å². The number of hydrogen-bond acceptors (Lipinski definition) is 1. The van der Waals surface area contributed by atoms with Crippen LogP contribution in [0.2, 0.25) is 0 Å². The molecule has 16 heavy (non-hydrogen) atoms. The maximum atomic E-state index is 9.74. The van der Waals surface area contributed by atoms with E-state index < -0.39 is 0 Å². The van der Waals surface area contributed by atoms with Crippen LogP contribution >= 0.6 is 0 Å². The van der Waals surface area contributed by atoms with E-state index in [0.717, 1.165) is 6.42 Å². The van der Waals surface area contributed by atoms with Crippen molar-refractivity contribution in [2.24, 2.45) is 5.41 Å². The predicted octanol–water partition coefficient (Wildman–Crippen LogP) is 3.52. The lowest BCUT2D eigenvalue weighted by Crippen LogP contribution is -2.21. The fourth-order valence-electron chi connectivity index (χ4n) is 3.06. The van der Waals surface area contributed by atoms with Gasteiger partial charge in [0.1, 0.15) is 0 Å². The zero-order chi connectivity index (χ0) is 11.6. The first-order valence-corrected chi connectivity index (χ1v) is 6.35. The van der Waals surface area contributed by atoms with Crippen molar-refractivity contribution in [2.45, 2.75) is 44.9 Å². The van der Waals surface area contributed by atoms with Crippen LogP contribution in [0, 0.1) is 5.41 Å². The lowest BCUT2D eigenvalue weighted by atomic mass is 9.85. The maximum absolute atomic E-state index is 9.74. The van der Waals surface area contributed by atoms with Crippen LogP contribution in [0.5, 0.6) is 0 Å². The van der Waals surface area contributed by atoms with Gasteiger partial charge in [0.2, 0.25) is 0 Å². The van der Waals surface area contributed by atoms with Gasteiger partial charge in [0.05, 0.1) is 6.61 Å². The summed E-state index contributed by atoms with van der Waals surface area (Å²) >= 11 is 0. The standard InChI is InChI=1S/C15H22O/c1-3-4-10-14(2)11-15(14,12-16)13-8-6-5-7-9-13/h5-9,16H,3-4,10-12H2,1-2H3/t14-,15+/m1/s1. The highest BCUT2D eigenvalue weighted by molar-refractivity contribution is 5.37. The first-order valence-electron chi connectivity index (χ1n) is 6.35. The van der Waals surface area contributed by atoms with Crippen molar-refractivity contribution in [1.29, 1.82) is 0 Å². The minimum absolute atomic E-state index is 0.0451. The van der Waals surface area contributed by atoms with Gasteiger partial charge in [-0.3, -0.25) is 0 Å². The molecule has 0 radical (unpaired) electrons. The summed E-state index contributed by atoms with van der Waals surface area (Å²) in [4.78, 5) is 0. The molecule has 1 aromatic carbocycles. The molecule has 0 bridgehead atoms. The molecule has 0 aliphatic heterocycles. The molecule has 0 heterocycles. The third-order valence-electron chi connectivity index (χ3n) is 4.40. The summed E-state index contributed by atoms with van der Waals surface area (Å²) in [6, 6.07) is 10.5. The zero-order valence-corrected chi connectivity index (χ0v) is 10.4. The molecule has 1 aliphatic rings. The number of hydrogen-bond donors (Lipinski definition) is 1. The Morgan fingerprint density at radius 1 is 1.25 bits per heavy atom. The second-order valence-corrected chi connectivity index (χ2v) is 5.45. The predicted molar refractivity (Wildman–Crippen MR) is 67.5 cm³/mol. The van der Waals surface area contributed by atoms with Crippen molar-refractivity contribution in [3.05, 3.63) is 35.9 Å². The molecule has 1 aromatic rings. The van der Waals surface area contributed by atoms with E-state index in [1.165, 1.54) is 24.8 Å². The minimum atomic E-state index is 0.0451. The Morgan fingerprint density at radius 2 is 1.94 bits per heavy atom. The van der Waals surface area contributed by atoms with E-state index in [-0.39, 0.29) is 12.0 Å². The van der Waals surface area contributed by atoms with Gasteiger partial charge in [-0.1, -0.05) is 57.0 Å². The van der Waals surface area contributed by atoms with Crippen LogP contribution in [-0.2, 0) is 5.41 Å². The smallest absolute Gasteiger partial charge is 0.0533 e. The fraction of sp³-hybridized carbons (Fsp3) is 0.600. The number of unbranched alkanes of at least 4 members (excludes halogenated alkanes) is 1. The van der Waals surface area contributed by atoms with Crippen molar-refractivity contribution in [3.8, 4) is 0 Å². The Bertz CT molecular complexity index is 346. The number of aliphatic hydroxyl groups is 1. The molecule has 1 aliphatic carbocycles. The Morgan fingerprint density at radius 3 is 2.50 bits per heavy atom. The summed E-state index contributed by atoms with van der Waals surface area (Å²) in [5.41, 5.74) is 1.68. The molecule has 0 amide bonds. The van der Waals surface area contributed by atoms with E-state index in [4.69, 9.17) is 0 Å². The van der Waals surface area contributed by atoms with Gasteiger partial charge in [-0.15, -0.1) is 0 Å². The second-order valence-electron chi connectivity index (χ2n) is 5.45. The molecular weight excluding hydrogens is 196 g/mol. The Balaban J connectivity index is 2.19. The summed E-state index contributed by atoms with van der Waals surface area (Å²) in [7, 11) is 0. The summed E-state index contributed by atoms with van der Waals surface area (Å²) in [6.07, 6.45) is 4.89. The van der Waals surface area contributed by atoms with Crippen LogP contribution in [0.1, 0.15) is 45.1 Å². The number of rotatable bonds is 5. The Kier molecular flexibility index (Phi) is 3.07. The SMILES string of the molecule is CCCC[C@]1(C)C[C@]1(CO)c1ccccc1. The summed E-state index contributed by atoms with van der Waals surface area (Å²) in [5.74, 6) is 0. The maximum Gasteiger partial charge on any atom is 0.0533 e. The minimum Gasteiger partial charge on any atom is -0.395 e. The molecule has 0 saturated heterocycles. The molecule has 1 fully saturated rings. The van der Waals surface area contributed by atoms with Crippen LogP contribution in [0.4, 0.5) is 0 Å². The normalized spacial score (nSPS) is 32.7. The van der Waals surface area contributed by atoms with Gasteiger partial charge < -0.3 is 5.11 Å². The van der Waals surface area contributed by atoms with Crippen molar-refractivity contribution in [1.82, 2.24) is 0 Å². The van der Waals surface area contributed by atoms with Crippen LogP contribution < -0.4 is 0 Å². The van der Waals surface area contributed by atoms with Crippen molar-refractivity contribution in [3.63, 3.8) is 0 Å². The van der Waals surface area contributed by atoms with Gasteiger partial charge in [-0.25, -0.2) is 0 Å². The largest absolute Gasteiger partial charge is 0.395 e. The van der Waals surface area contributed by atoms with Crippen LogP contribution in [0.15, 0.2) is 30.3 Å². The highest BCUT2D eigenvalue weighted by Crippen LogP contribution is 2.66. The van der Waals surface area contributed by atoms with Gasteiger partial charge >= 0.3 is 0 Å². The molecule has 0 aromatic heterocycles. The van der Waals surface area contributed by atoms with E-state index in [1.807, 2.05) is 6.07 Å². The molecular formula is C15H22O. The van der Waals surface area contributed by atoms with Crippen LogP contribution in [0.25, 0.3) is 0 Å². The quantitative estimate of drug-likeness (QED) is 0.801. The van der Waals surface area contributed by atoms with Gasteiger partial charge in [-0.05, 0) is 23.8 Å². The Hall–Kier alpha value is -0.820. The lowest BCUT2D eigenvalue weighted by Gasteiger charge is -2.21. The number of benzene rings is 1. The van der Waals surface area contributed by atoms with Crippen molar-refractivity contribution < 1.29 is 5.11 Å². The molecule has 0 unspecified atom stereocenters. The first kappa shape index (κ1) is 11.7. The highest BCUT2D eigenvalue weighted by atomic mass is 16.3. The topological polar surface area (TPSA) is 20.2 Å². The average Bonchev–Trinajstić information content (AvgIpc) is 2.95. The van der Waals surface area contributed by atoms with E-state index in [1.54, 1.807) is 0 Å². The molecule has 0 spiro atoms. The summed E-state index contributed by atoms with van der Waals surface area (Å²) in [6.45, 7) is 4.85. The van der Waals surface area contributed by atoms with Gasteiger partial charge in [0.25, 0.3) is 0 Å². The molecule has 1 N–H and O–H groups in total. The molecule has 2 rings (SSSR count). The number of aliphatic hydroxyl groups excluding tert-OH is 1. The van der Waals surface area contributed by atoms with Crippen LogP contribution in [0.3, 0.4) is 0 Å². The van der Waals surface area contributed by atoms with E-state index >= 15 is 0 Å². The Labute approximate surface area is 98.5 Å². The summed E-state index contributed by atoms with van der Waals surface area (Å²) in [5, 5.41) is 9.74. The van der Waals surface area contributed by atoms with E-state index in [9.17, 15) is 5.11 Å². The van der Waals surface area contributed by atoms with E-state index in [2.05, 4.69) is 38.1 Å². The molecule has 1 nitrogen and oxygen atoms in total.